The number of nitro benzene ring substituents is 1. The Kier molecular flexibility index (Phi) is 5.96. The summed E-state index contributed by atoms with van der Waals surface area (Å²) in [7, 11) is 1.33. The number of esters is 1. The third kappa shape index (κ3) is 4.60. The molecule has 7 heteroatoms. The number of nitrogens with zero attached hydrogens (tertiary/aromatic N) is 1. The lowest BCUT2D eigenvalue weighted by molar-refractivity contribution is -0.384. The Morgan fingerprint density at radius 1 is 1.48 bits per heavy atom. The van der Waals surface area contributed by atoms with Crippen LogP contribution in [-0.4, -0.2) is 24.0 Å². The number of nitrogens with one attached hydrogen (secondary N) is 1. The second-order valence-corrected chi connectivity index (χ2v) is 5.63. The molecule has 21 heavy (non-hydrogen) atoms. The van der Waals surface area contributed by atoms with Crippen molar-refractivity contribution in [1.29, 1.82) is 0 Å². The minimum atomic E-state index is -0.537. The Labute approximate surface area is 128 Å². The van der Waals surface area contributed by atoms with Gasteiger partial charge in [-0.05, 0) is 30.9 Å². The van der Waals surface area contributed by atoms with E-state index in [0.29, 0.717) is 17.7 Å². The molecule has 0 amide bonds. The molecule has 0 saturated carbocycles. The van der Waals surface area contributed by atoms with Gasteiger partial charge < -0.3 is 10.1 Å². The van der Waals surface area contributed by atoms with Crippen LogP contribution in [0.25, 0.3) is 0 Å². The summed E-state index contributed by atoms with van der Waals surface area (Å²) < 4.78 is 4.77. The molecule has 0 aliphatic rings. The molecule has 1 aromatic carbocycles. The molecule has 0 fully saturated rings. The molecular formula is C14H19ClN2O4. The number of carbonyl (C=O) groups is 1. The van der Waals surface area contributed by atoms with E-state index in [4.69, 9.17) is 16.3 Å². The topological polar surface area (TPSA) is 81.5 Å². The van der Waals surface area contributed by atoms with Gasteiger partial charge in [0.1, 0.15) is 11.1 Å². The van der Waals surface area contributed by atoms with Gasteiger partial charge in [-0.1, -0.05) is 25.4 Å². The third-order valence-corrected chi connectivity index (χ3v) is 3.32. The first-order valence-electron chi connectivity index (χ1n) is 6.55. The third-order valence-electron chi connectivity index (χ3n) is 3.01. The molecule has 0 spiro atoms. The Morgan fingerprint density at radius 2 is 2.10 bits per heavy atom. The van der Waals surface area contributed by atoms with Gasteiger partial charge in [0.2, 0.25) is 0 Å². The van der Waals surface area contributed by atoms with E-state index in [-0.39, 0.29) is 22.6 Å². The number of carbonyl (C=O) groups excluding carboxylic acids is 1. The second-order valence-electron chi connectivity index (χ2n) is 5.23. The largest absolute Gasteiger partial charge is 0.467 e. The highest BCUT2D eigenvalue weighted by atomic mass is 35.5. The molecule has 0 radical (unpaired) electrons. The molecule has 0 aliphatic carbocycles. The SMILES string of the molecule is COC(=O)C(CC(C)C)Nc1cc(Cl)c([N+](=O)[O-])cc1C. The zero-order valence-corrected chi connectivity index (χ0v) is 13.2. The molecule has 116 valence electrons. The quantitative estimate of drug-likeness (QED) is 0.493. The summed E-state index contributed by atoms with van der Waals surface area (Å²) in [6.45, 7) is 5.70. The number of benzene rings is 1. The van der Waals surface area contributed by atoms with E-state index in [1.54, 1.807) is 6.92 Å². The van der Waals surface area contributed by atoms with Crippen LogP contribution < -0.4 is 5.32 Å². The monoisotopic (exact) mass is 314 g/mol. The Hall–Kier alpha value is -1.82. The fourth-order valence-corrected chi connectivity index (χ4v) is 2.21. The number of hydrogen-bond acceptors (Lipinski definition) is 5. The van der Waals surface area contributed by atoms with Crippen LogP contribution in [0, 0.1) is 23.0 Å². The van der Waals surface area contributed by atoms with Gasteiger partial charge in [-0.15, -0.1) is 0 Å². The van der Waals surface area contributed by atoms with E-state index in [1.165, 1.54) is 19.2 Å². The fourth-order valence-electron chi connectivity index (χ4n) is 1.98. The summed E-state index contributed by atoms with van der Waals surface area (Å²) in [4.78, 5) is 22.1. The predicted molar refractivity (Wildman–Crippen MR) is 81.7 cm³/mol. The molecule has 6 nitrogen and oxygen atoms in total. The fraction of sp³-hybridized carbons (Fsp3) is 0.500. The van der Waals surface area contributed by atoms with Crippen LogP contribution >= 0.6 is 11.6 Å². The summed E-state index contributed by atoms with van der Waals surface area (Å²) in [5.74, 6) is -0.0898. The van der Waals surface area contributed by atoms with Crippen LogP contribution in [0.2, 0.25) is 5.02 Å². The summed E-state index contributed by atoms with van der Waals surface area (Å²) in [6, 6.07) is 2.32. The summed E-state index contributed by atoms with van der Waals surface area (Å²) in [5, 5.41) is 13.9. The first kappa shape index (κ1) is 17.2. The predicted octanol–water partition coefficient (Wildman–Crippen LogP) is 3.56. The first-order chi connectivity index (χ1) is 9.76. The highest BCUT2D eigenvalue weighted by Crippen LogP contribution is 2.31. The van der Waals surface area contributed by atoms with Crippen molar-refractivity contribution >= 4 is 28.9 Å². The standard InChI is InChI=1S/C14H19ClN2O4/c1-8(2)5-12(14(18)21-4)16-11-7-10(15)13(17(19)20)6-9(11)3/h6-8,12,16H,5H2,1-4H3. The molecule has 1 aromatic rings. The number of methoxy groups -OCH3 is 1. The lowest BCUT2D eigenvalue weighted by Gasteiger charge is -2.20. The zero-order valence-electron chi connectivity index (χ0n) is 12.5. The molecule has 1 N–H and O–H groups in total. The van der Waals surface area contributed by atoms with Crippen LogP contribution in [0.3, 0.4) is 0 Å². The van der Waals surface area contributed by atoms with Crippen molar-refractivity contribution in [3.63, 3.8) is 0 Å². The number of ether oxygens (including phenoxy) is 1. The summed E-state index contributed by atoms with van der Waals surface area (Å²) in [5.41, 5.74) is 1.07. The molecule has 0 saturated heterocycles. The summed E-state index contributed by atoms with van der Waals surface area (Å²) in [6.07, 6.45) is 0.584. The Morgan fingerprint density at radius 3 is 2.57 bits per heavy atom. The van der Waals surface area contributed by atoms with E-state index in [1.807, 2.05) is 13.8 Å². The van der Waals surface area contributed by atoms with Gasteiger partial charge in [-0.25, -0.2) is 4.79 Å². The average Bonchev–Trinajstić information content (AvgIpc) is 2.39. The number of anilines is 1. The number of halogens is 1. The number of hydrogen-bond donors (Lipinski definition) is 1. The highest BCUT2D eigenvalue weighted by Gasteiger charge is 2.22. The van der Waals surface area contributed by atoms with Crippen LogP contribution in [0.4, 0.5) is 11.4 Å². The summed E-state index contributed by atoms with van der Waals surface area (Å²) >= 11 is 5.90. The second kappa shape index (κ2) is 7.26. The lowest BCUT2D eigenvalue weighted by atomic mass is 10.0. The van der Waals surface area contributed by atoms with Gasteiger partial charge in [0.25, 0.3) is 5.69 Å². The van der Waals surface area contributed by atoms with Gasteiger partial charge in [0.05, 0.1) is 12.0 Å². The highest BCUT2D eigenvalue weighted by molar-refractivity contribution is 6.33. The molecular weight excluding hydrogens is 296 g/mol. The van der Waals surface area contributed by atoms with E-state index >= 15 is 0 Å². The molecule has 0 aromatic heterocycles. The minimum absolute atomic E-state index is 0.0289. The van der Waals surface area contributed by atoms with Crippen LogP contribution in [0.1, 0.15) is 25.8 Å². The van der Waals surface area contributed by atoms with E-state index in [9.17, 15) is 14.9 Å². The van der Waals surface area contributed by atoms with Crippen LogP contribution in [0.15, 0.2) is 12.1 Å². The normalized spacial score (nSPS) is 12.1. The van der Waals surface area contributed by atoms with Gasteiger partial charge >= 0.3 is 5.97 Å². The molecule has 1 atom stereocenters. The van der Waals surface area contributed by atoms with Crippen molar-refractivity contribution < 1.29 is 14.5 Å². The van der Waals surface area contributed by atoms with Gasteiger partial charge in [-0.2, -0.15) is 0 Å². The maximum Gasteiger partial charge on any atom is 0.328 e. The van der Waals surface area contributed by atoms with Crippen molar-refractivity contribution in [1.82, 2.24) is 0 Å². The van der Waals surface area contributed by atoms with Gasteiger partial charge in [0.15, 0.2) is 0 Å². The molecule has 1 rings (SSSR count). The van der Waals surface area contributed by atoms with Gasteiger partial charge in [0, 0.05) is 11.8 Å². The number of rotatable bonds is 6. The molecule has 0 aliphatic heterocycles. The Balaban J connectivity index is 3.06. The molecule has 1 unspecified atom stereocenters. The van der Waals surface area contributed by atoms with Crippen LogP contribution in [-0.2, 0) is 9.53 Å². The van der Waals surface area contributed by atoms with Crippen molar-refractivity contribution in [2.75, 3.05) is 12.4 Å². The van der Waals surface area contributed by atoms with Crippen molar-refractivity contribution in [2.24, 2.45) is 5.92 Å². The Bertz CT molecular complexity index is 546. The zero-order chi connectivity index (χ0) is 16.2. The average molecular weight is 315 g/mol. The lowest BCUT2D eigenvalue weighted by Crippen LogP contribution is -2.32. The number of aryl methyl sites for hydroxylation is 1. The van der Waals surface area contributed by atoms with E-state index in [0.717, 1.165) is 0 Å². The van der Waals surface area contributed by atoms with Gasteiger partial charge in [-0.3, -0.25) is 10.1 Å². The van der Waals surface area contributed by atoms with E-state index in [2.05, 4.69) is 5.32 Å². The first-order valence-corrected chi connectivity index (χ1v) is 6.93. The van der Waals surface area contributed by atoms with Crippen molar-refractivity contribution in [2.45, 2.75) is 33.2 Å². The molecule has 0 heterocycles. The molecule has 0 bridgehead atoms. The smallest absolute Gasteiger partial charge is 0.328 e. The van der Waals surface area contributed by atoms with Crippen molar-refractivity contribution in [3.05, 3.63) is 32.8 Å². The minimum Gasteiger partial charge on any atom is -0.467 e. The maximum absolute atomic E-state index is 11.8. The number of nitro groups is 1. The van der Waals surface area contributed by atoms with Crippen LogP contribution in [0.5, 0.6) is 0 Å². The van der Waals surface area contributed by atoms with E-state index < -0.39 is 11.0 Å². The van der Waals surface area contributed by atoms with Crippen molar-refractivity contribution in [3.8, 4) is 0 Å². The maximum atomic E-state index is 11.8.